The number of ether oxygens (including phenoxy) is 1. The Morgan fingerprint density at radius 1 is 1.07 bits per heavy atom. The Kier molecular flexibility index (Phi) is 5.65. The second-order valence-electron chi connectivity index (χ2n) is 8.22. The molecule has 0 radical (unpaired) electrons. The van der Waals surface area contributed by atoms with Crippen molar-refractivity contribution in [1.29, 1.82) is 0 Å². The summed E-state index contributed by atoms with van der Waals surface area (Å²) in [5, 5.41) is 11.0. The van der Waals surface area contributed by atoms with E-state index in [0.717, 1.165) is 56.5 Å². The van der Waals surface area contributed by atoms with Crippen molar-refractivity contribution in [2.24, 2.45) is 5.92 Å². The number of hydrogen-bond donors (Lipinski definition) is 0. The van der Waals surface area contributed by atoms with Crippen LogP contribution >= 0.6 is 0 Å². The SMILES string of the molecule is CC1CN(CCC2CCN(c3ccc4nnc(C(F)(F)F)n4n3)CC2)CC(C)O1. The lowest BCUT2D eigenvalue weighted by Crippen LogP contribution is -2.46. The van der Waals surface area contributed by atoms with Gasteiger partial charge in [0.1, 0.15) is 5.82 Å². The number of anilines is 1. The highest BCUT2D eigenvalue weighted by Crippen LogP contribution is 2.29. The van der Waals surface area contributed by atoms with Crippen molar-refractivity contribution < 1.29 is 17.9 Å². The smallest absolute Gasteiger partial charge is 0.373 e. The van der Waals surface area contributed by atoms with Crippen LogP contribution in [0.1, 0.15) is 38.9 Å². The van der Waals surface area contributed by atoms with Gasteiger partial charge in [0.05, 0.1) is 12.2 Å². The summed E-state index contributed by atoms with van der Waals surface area (Å²) in [6.45, 7) is 8.85. The van der Waals surface area contributed by atoms with Crippen molar-refractivity contribution >= 4 is 11.5 Å². The highest BCUT2D eigenvalue weighted by Gasteiger charge is 2.38. The van der Waals surface area contributed by atoms with E-state index in [0.29, 0.717) is 11.7 Å². The fourth-order valence-electron chi connectivity index (χ4n) is 4.41. The first-order chi connectivity index (χ1) is 13.8. The minimum atomic E-state index is -4.58. The average Bonchev–Trinajstić information content (AvgIpc) is 3.10. The summed E-state index contributed by atoms with van der Waals surface area (Å²) in [5.41, 5.74) is 0.102. The van der Waals surface area contributed by atoms with Crippen LogP contribution in [0.2, 0.25) is 0 Å². The predicted molar refractivity (Wildman–Crippen MR) is 102 cm³/mol. The topological polar surface area (TPSA) is 58.8 Å². The Hall–Kier alpha value is -1.94. The van der Waals surface area contributed by atoms with Crippen LogP contribution in [0.15, 0.2) is 12.1 Å². The fourth-order valence-corrected chi connectivity index (χ4v) is 4.41. The molecule has 2 aliphatic heterocycles. The van der Waals surface area contributed by atoms with Crippen LogP contribution in [0.3, 0.4) is 0 Å². The van der Waals surface area contributed by atoms with E-state index in [4.69, 9.17) is 4.74 Å². The molecule has 2 fully saturated rings. The summed E-state index contributed by atoms with van der Waals surface area (Å²) in [4.78, 5) is 4.53. The monoisotopic (exact) mass is 412 g/mol. The van der Waals surface area contributed by atoms with Gasteiger partial charge in [-0.1, -0.05) is 0 Å². The predicted octanol–water partition coefficient (Wildman–Crippen LogP) is 2.86. The molecule has 2 aliphatic rings. The normalized spacial score (nSPS) is 25.1. The second kappa shape index (κ2) is 8.06. The van der Waals surface area contributed by atoms with Crippen LogP contribution < -0.4 is 4.90 Å². The number of aromatic nitrogens is 4. The van der Waals surface area contributed by atoms with E-state index < -0.39 is 12.0 Å². The number of alkyl halides is 3. The van der Waals surface area contributed by atoms with Crippen molar-refractivity contribution in [3.05, 3.63) is 18.0 Å². The molecular weight excluding hydrogens is 385 g/mol. The number of rotatable bonds is 4. The van der Waals surface area contributed by atoms with Gasteiger partial charge in [0, 0.05) is 26.2 Å². The fraction of sp³-hybridized carbons (Fsp3) is 0.737. The number of piperidine rings is 1. The van der Waals surface area contributed by atoms with E-state index in [9.17, 15) is 13.2 Å². The van der Waals surface area contributed by atoms with Gasteiger partial charge >= 0.3 is 6.18 Å². The highest BCUT2D eigenvalue weighted by atomic mass is 19.4. The maximum absolute atomic E-state index is 13.1. The molecule has 2 saturated heterocycles. The molecule has 10 heteroatoms. The first-order valence-electron chi connectivity index (χ1n) is 10.2. The minimum absolute atomic E-state index is 0.102. The molecule has 7 nitrogen and oxygen atoms in total. The number of halogens is 3. The number of morpholine rings is 1. The Bertz CT molecular complexity index is 823. The molecule has 29 heavy (non-hydrogen) atoms. The molecule has 0 aromatic carbocycles. The van der Waals surface area contributed by atoms with Crippen LogP contribution in [0.4, 0.5) is 19.0 Å². The van der Waals surface area contributed by atoms with Gasteiger partial charge in [0.25, 0.3) is 5.82 Å². The van der Waals surface area contributed by atoms with Gasteiger partial charge in [-0.05, 0) is 57.7 Å². The maximum atomic E-state index is 13.1. The lowest BCUT2D eigenvalue weighted by molar-refractivity contribution is -0.146. The second-order valence-corrected chi connectivity index (χ2v) is 8.22. The quantitative estimate of drug-likeness (QED) is 0.770. The van der Waals surface area contributed by atoms with Crippen molar-refractivity contribution in [1.82, 2.24) is 24.7 Å². The molecule has 2 unspecified atom stereocenters. The van der Waals surface area contributed by atoms with E-state index in [1.165, 1.54) is 6.07 Å². The van der Waals surface area contributed by atoms with Gasteiger partial charge in [-0.15, -0.1) is 15.3 Å². The molecule has 160 valence electrons. The molecule has 0 aliphatic carbocycles. The first kappa shape index (κ1) is 20.3. The van der Waals surface area contributed by atoms with Crippen LogP contribution in [0.5, 0.6) is 0 Å². The molecule has 0 spiro atoms. The number of nitrogens with zero attached hydrogens (tertiary/aromatic N) is 6. The lowest BCUT2D eigenvalue weighted by Gasteiger charge is -2.37. The molecule has 2 aromatic rings. The molecule has 2 aromatic heterocycles. The minimum Gasteiger partial charge on any atom is -0.373 e. The van der Waals surface area contributed by atoms with Gasteiger partial charge in [-0.25, -0.2) is 0 Å². The summed E-state index contributed by atoms with van der Waals surface area (Å²) in [5.74, 6) is 0.0827. The summed E-state index contributed by atoms with van der Waals surface area (Å²) in [7, 11) is 0. The third kappa shape index (κ3) is 4.63. The van der Waals surface area contributed by atoms with Gasteiger partial charge in [0.15, 0.2) is 5.65 Å². The maximum Gasteiger partial charge on any atom is 0.453 e. The van der Waals surface area contributed by atoms with E-state index in [2.05, 4.69) is 38.9 Å². The van der Waals surface area contributed by atoms with Crippen molar-refractivity contribution in [2.75, 3.05) is 37.6 Å². The first-order valence-corrected chi connectivity index (χ1v) is 10.2. The molecule has 0 bridgehead atoms. The summed E-state index contributed by atoms with van der Waals surface area (Å²) < 4.78 is 45.8. The lowest BCUT2D eigenvalue weighted by atomic mass is 9.93. The number of fused-ring (bicyclic) bond motifs is 1. The van der Waals surface area contributed by atoms with Crippen LogP contribution in [0, 0.1) is 5.92 Å². The highest BCUT2D eigenvalue weighted by molar-refractivity contribution is 5.46. The molecule has 4 heterocycles. The van der Waals surface area contributed by atoms with Gasteiger partial charge in [-0.3, -0.25) is 4.90 Å². The van der Waals surface area contributed by atoms with E-state index in [1.807, 2.05) is 0 Å². The van der Waals surface area contributed by atoms with Crippen molar-refractivity contribution in [3.63, 3.8) is 0 Å². The molecule has 4 rings (SSSR count). The molecule has 2 atom stereocenters. The van der Waals surface area contributed by atoms with E-state index in [1.54, 1.807) is 6.07 Å². The van der Waals surface area contributed by atoms with Gasteiger partial charge in [0.2, 0.25) is 0 Å². The van der Waals surface area contributed by atoms with Gasteiger partial charge in [-0.2, -0.15) is 17.7 Å². The summed E-state index contributed by atoms with van der Waals surface area (Å²) >= 11 is 0. The van der Waals surface area contributed by atoms with E-state index >= 15 is 0 Å². The average molecular weight is 412 g/mol. The van der Waals surface area contributed by atoms with E-state index in [-0.39, 0.29) is 17.9 Å². The summed E-state index contributed by atoms with van der Waals surface area (Å²) in [6.07, 6.45) is -0.843. The molecule has 0 saturated carbocycles. The zero-order valence-electron chi connectivity index (χ0n) is 16.8. The van der Waals surface area contributed by atoms with Crippen LogP contribution in [0.25, 0.3) is 5.65 Å². The third-order valence-electron chi connectivity index (χ3n) is 5.79. The Labute approximate surface area is 167 Å². The zero-order chi connectivity index (χ0) is 20.6. The zero-order valence-corrected chi connectivity index (χ0v) is 16.8. The largest absolute Gasteiger partial charge is 0.453 e. The molecule has 0 N–H and O–H groups in total. The Morgan fingerprint density at radius 3 is 2.41 bits per heavy atom. The Morgan fingerprint density at radius 2 is 1.76 bits per heavy atom. The molecular formula is C19H27F3N6O. The van der Waals surface area contributed by atoms with Crippen molar-refractivity contribution in [2.45, 2.75) is 51.5 Å². The summed E-state index contributed by atoms with van der Waals surface area (Å²) in [6, 6.07) is 3.26. The Balaban J connectivity index is 1.33. The van der Waals surface area contributed by atoms with Crippen molar-refractivity contribution in [3.8, 4) is 0 Å². The standard InChI is InChI=1S/C19H27F3N6O/c1-13-11-26(12-14(2)29-13)8-5-15-6-9-27(10-7-15)17-4-3-16-23-24-18(19(20,21)22)28(16)25-17/h3-4,13-15H,5-12H2,1-2H3. The van der Waals surface area contributed by atoms with Crippen LogP contribution in [-0.2, 0) is 10.9 Å². The number of hydrogen-bond acceptors (Lipinski definition) is 6. The van der Waals surface area contributed by atoms with Crippen LogP contribution in [-0.4, -0.2) is 69.6 Å². The molecule has 0 amide bonds. The van der Waals surface area contributed by atoms with Gasteiger partial charge < -0.3 is 9.64 Å². The third-order valence-corrected chi connectivity index (χ3v) is 5.79.